The van der Waals surface area contributed by atoms with Crippen LogP contribution in [-0.4, -0.2) is 46.7 Å². The third-order valence-electron chi connectivity index (χ3n) is 8.67. The average molecular weight is 893 g/mol. The van der Waals surface area contributed by atoms with Gasteiger partial charge in [0.05, 0.1) is 4.90 Å². The van der Waals surface area contributed by atoms with Crippen molar-refractivity contribution >= 4 is 90.8 Å². The van der Waals surface area contributed by atoms with Gasteiger partial charge in [0.2, 0.25) is 23.8 Å². The Balaban J connectivity index is 1.08. The summed E-state index contributed by atoms with van der Waals surface area (Å²) in [5, 5.41) is 12.2. The summed E-state index contributed by atoms with van der Waals surface area (Å²) in [7, 11) is -9.62. The number of nitrogens with zero attached hydrogens (tertiary/aromatic N) is 6. The SMILES string of the molecule is O=S(=O)(ONc1nc(Nc2ccccc2)nc(Nc2ccccc2)n1)c1ccc(C=Cc2ccccc2)c(S(=O)(=O)ONc2nc(Nc3ccccc3)nc(Nc3ccccc3)n2)c1. The van der Waals surface area contributed by atoms with Crippen molar-refractivity contribution in [1.29, 1.82) is 0 Å². The molecule has 2 aromatic heterocycles. The third kappa shape index (κ3) is 11.5. The first-order valence-electron chi connectivity index (χ1n) is 19.2. The highest BCUT2D eigenvalue weighted by Gasteiger charge is 2.26. The van der Waals surface area contributed by atoms with Crippen LogP contribution in [0.2, 0.25) is 0 Å². The molecular weight excluding hydrogens is 857 g/mol. The largest absolute Gasteiger partial charge is 0.324 e. The Morgan fingerprint density at radius 2 is 0.719 bits per heavy atom. The molecule has 0 spiro atoms. The molecule has 0 saturated carbocycles. The predicted octanol–water partition coefficient (Wildman–Crippen LogP) is 8.67. The average Bonchev–Trinajstić information content (AvgIpc) is 3.31. The van der Waals surface area contributed by atoms with Crippen molar-refractivity contribution in [3.05, 3.63) is 181 Å². The first-order chi connectivity index (χ1) is 31.1. The fraction of sp³-hybridized carbons (Fsp3) is 0. The second-order valence-corrected chi connectivity index (χ2v) is 16.4. The van der Waals surface area contributed by atoms with E-state index in [2.05, 4.69) is 62.1 Å². The van der Waals surface area contributed by atoms with Crippen molar-refractivity contribution < 1.29 is 25.4 Å². The first-order valence-corrected chi connectivity index (χ1v) is 22.0. The summed E-state index contributed by atoms with van der Waals surface area (Å²) >= 11 is 0. The van der Waals surface area contributed by atoms with Gasteiger partial charge in [0, 0.05) is 22.7 Å². The highest BCUT2D eigenvalue weighted by atomic mass is 32.2. The predicted molar refractivity (Wildman–Crippen MR) is 244 cm³/mol. The topological polar surface area (TPSA) is 236 Å². The van der Waals surface area contributed by atoms with Crippen LogP contribution in [0.1, 0.15) is 11.1 Å². The molecular formula is C44H36N12O6S2. The van der Waals surface area contributed by atoms with E-state index in [1.54, 1.807) is 54.6 Å². The molecule has 20 heteroatoms. The number of hydrogen-bond acceptors (Lipinski definition) is 18. The highest BCUT2D eigenvalue weighted by Crippen LogP contribution is 2.27. The van der Waals surface area contributed by atoms with Gasteiger partial charge in [-0.3, -0.25) is 0 Å². The van der Waals surface area contributed by atoms with Crippen molar-refractivity contribution in [2.24, 2.45) is 0 Å². The third-order valence-corrected chi connectivity index (χ3v) is 11.0. The monoisotopic (exact) mass is 892 g/mol. The van der Waals surface area contributed by atoms with Crippen LogP contribution in [0.3, 0.4) is 0 Å². The van der Waals surface area contributed by atoms with Crippen LogP contribution >= 0.6 is 0 Å². The van der Waals surface area contributed by atoms with Gasteiger partial charge in [0.15, 0.2) is 0 Å². The van der Waals surface area contributed by atoms with Crippen LogP contribution in [0.15, 0.2) is 180 Å². The van der Waals surface area contributed by atoms with Crippen LogP contribution in [0.5, 0.6) is 0 Å². The summed E-state index contributed by atoms with van der Waals surface area (Å²) in [5.74, 6) is -0.377. The van der Waals surface area contributed by atoms with E-state index in [1.165, 1.54) is 18.2 Å². The van der Waals surface area contributed by atoms with Gasteiger partial charge in [-0.1, -0.05) is 121 Å². The van der Waals surface area contributed by atoms with Crippen LogP contribution in [0, 0.1) is 0 Å². The van der Waals surface area contributed by atoms with Crippen molar-refractivity contribution in [3.63, 3.8) is 0 Å². The Bertz CT molecular complexity index is 2970. The Labute approximate surface area is 367 Å². The van der Waals surface area contributed by atoms with Crippen LogP contribution in [0.25, 0.3) is 12.2 Å². The van der Waals surface area contributed by atoms with Gasteiger partial charge in [0.1, 0.15) is 4.90 Å². The number of aromatic nitrogens is 6. The Kier molecular flexibility index (Phi) is 13.0. The minimum atomic E-state index is -4.85. The summed E-state index contributed by atoms with van der Waals surface area (Å²) in [6.07, 6.45) is 3.16. The number of anilines is 10. The van der Waals surface area contributed by atoms with E-state index in [1.807, 2.05) is 103 Å². The molecule has 2 heterocycles. The minimum Gasteiger partial charge on any atom is -0.324 e. The Morgan fingerprint density at radius 1 is 0.375 bits per heavy atom. The van der Waals surface area contributed by atoms with E-state index >= 15 is 0 Å². The van der Waals surface area contributed by atoms with Gasteiger partial charge in [-0.25, -0.2) is 11.0 Å². The lowest BCUT2D eigenvalue weighted by molar-refractivity contribution is 0.384. The molecule has 320 valence electrons. The second kappa shape index (κ2) is 19.6. The molecule has 0 aliphatic carbocycles. The van der Waals surface area contributed by atoms with E-state index in [-0.39, 0.29) is 41.3 Å². The summed E-state index contributed by atoms with van der Waals surface area (Å²) in [6, 6.07) is 48.7. The zero-order valence-electron chi connectivity index (χ0n) is 33.3. The fourth-order valence-electron chi connectivity index (χ4n) is 5.72. The highest BCUT2D eigenvalue weighted by molar-refractivity contribution is 7.87. The normalized spacial score (nSPS) is 11.4. The molecule has 64 heavy (non-hydrogen) atoms. The van der Waals surface area contributed by atoms with Gasteiger partial charge in [-0.2, -0.15) is 46.7 Å². The zero-order chi connectivity index (χ0) is 44.2. The standard InChI is InChI=1S/C44H36N12O6S2/c57-63(58,61-55-43-51-39(45-33-18-8-2-9-19-33)49-40(52-43)46-34-20-10-3-11-21-34)37-29-28-32(27-26-31-16-6-1-7-17-31)38(30-37)64(59,60)62-56-44-53-41(47-35-22-12-4-13-23-35)50-42(54-44)48-36-24-14-5-15-25-36/h1-30H,(H3,45,46,49,51,52,55)(H3,47,48,50,53,54,56). The number of para-hydroxylation sites is 4. The summed E-state index contributed by atoms with van der Waals surface area (Å²) in [5.41, 5.74) is 7.99. The minimum absolute atomic E-state index is 0.0523. The Morgan fingerprint density at radius 3 is 1.11 bits per heavy atom. The smallest absolute Gasteiger partial charge is 0.318 e. The van der Waals surface area contributed by atoms with Gasteiger partial charge in [-0.15, -0.1) is 8.57 Å². The van der Waals surface area contributed by atoms with E-state index in [9.17, 15) is 16.8 Å². The molecule has 0 aliphatic rings. The maximum atomic E-state index is 14.1. The quantitative estimate of drug-likeness (QED) is 0.0349. The number of nitrogens with one attached hydrogen (secondary N) is 6. The fourth-order valence-corrected chi connectivity index (χ4v) is 7.54. The Hall–Kier alpha value is -8.30. The van der Waals surface area contributed by atoms with Gasteiger partial charge in [0.25, 0.3) is 11.9 Å². The van der Waals surface area contributed by atoms with Gasteiger partial charge >= 0.3 is 20.2 Å². The van der Waals surface area contributed by atoms with E-state index in [0.29, 0.717) is 22.7 Å². The molecule has 8 rings (SSSR count). The lowest BCUT2D eigenvalue weighted by Gasteiger charge is -2.13. The second-order valence-electron chi connectivity index (χ2n) is 13.3. The lowest BCUT2D eigenvalue weighted by atomic mass is 10.1. The molecule has 0 unspecified atom stereocenters. The number of benzene rings is 6. The number of hydrogen-bond donors (Lipinski definition) is 6. The lowest BCUT2D eigenvalue weighted by Crippen LogP contribution is -2.18. The van der Waals surface area contributed by atoms with Crippen LogP contribution in [0.4, 0.5) is 58.4 Å². The molecule has 0 saturated heterocycles. The van der Waals surface area contributed by atoms with Gasteiger partial charge < -0.3 is 21.3 Å². The molecule has 0 radical (unpaired) electrons. The number of rotatable bonds is 18. The van der Waals surface area contributed by atoms with Crippen molar-refractivity contribution in [2.75, 3.05) is 32.2 Å². The van der Waals surface area contributed by atoms with Crippen LogP contribution < -0.4 is 32.2 Å². The summed E-state index contributed by atoms with van der Waals surface area (Å²) in [4.78, 5) is 24.9. The summed E-state index contributed by atoms with van der Waals surface area (Å²) in [6.45, 7) is 0. The zero-order valence-corrected chi connectivity index (χ0v) is 34.9. The molecule has 6 aromatic carbocycles. The maximum absolute atomic E-state index is 14.1. The molecule has 0 atom stereocenters. The van der Waals surface area contributed by atoms with Gasteiger partial charge in [-0.05, 0) is 71.8 Å². The van der Waals surface area contributed by atoms with Crippen molar-refractivity contribution in [1.82, 2.24) is 29.9 Å². The molecule has 6 N–H and O–H groups in total. The first kappa shape index (κ1) is 42.4. The molecule has 18 nitrogen and oxygen atoms in total. The molecule has 0 amide bonds. The summed E-state index contributed by atoms with van der Waals surface area (Å²) < 4.78 is 66.3. The van der Waals surface area contributed by atoms with E-state index in [4.69, 9.17) is 8.57 Å². The molecule has 0 bridgehead atoms. The maximum Gasteiger partial charge on any atom is 0.318 e. The molecule has 8 aromatic rings. The molecule has 0 aliphatic heterocycles. The van der Waals surface area contributed by atoms with Crippen molar-refractivity contribution in [2.45, 2.75) is 9.79 Å². The van der Waals surface area contributed by atoms with Crippen molar-refractivity contribution in [3.8, 4) is 0 Å². The van der Waals surface area contributed by atoms with E-state index in [0.717, 1.165) is 11.6 Å². The molecule has 0 fully saturated rings. The van der Waals surface area contributed by atoms with E-state index < -0.39 is 30.0 Å². The van der Waals surface area contributed by atoms with Crippen LogP contribution in [-0.2, 0) is 28.8 Å².